The van der Waals surface area contributed by atoms with E-state index >= 15 is 0 Å². The van der Waals surface area contributed by atoms with Crippen LogP contribution in [0.25, 0.3) is 0 Å². The summed E-state index contributed by atoms with van der Waals surface area (Å²) < 4.78 is 0. The zero-order valence-electron chi connectivity index (χ0n) is 8.35. The Kier molecular flexibility index (Phi) is 4.54. The summed E-state index contributed by atoms with van der Waals surface area (Å²) in [5.74, 6) is -0.589. The summed E-state index contributed by atoms with van der Waals surface area (Å²) in [7, 11) is 0. The fourth-order valence-electron chi connectivity index (χ4n) is 1.07. The van der Waals surface area contributed by atoms with E-state index in [2.05, 4.69) is 5.32 Å². The molecular weight excluding hydrogens is 234 g/mol. The Morgan fingerprint density at radius 1 is 1.38 bits per heavy atom. The molecule has 4 N–H and O–H groups in total. The second-order valence-electron chi connectivity index (χ2n) is 3.20. The number of aliphatic hydroxyl groups is 2. The van der Waals surface area contributed by atoms with Gasteiger partial charge in [0.15, 0.2) is 0 Å². The summed E-state index contributed by atoms with van der Waals surface area (Å²) in [4.78, 5) is 11.6. The van der Waals surface area contributed by atoms with Crippen molar-refractivity contribution in [1.29, 1.82) is 0 Å². The van der Waals surface area contributed by atoms with Crippen molar-refractivity contribution in [2.24, 2.45) is 0 Å². The van der Waals surface area contributed by atoms with Crippen molar-refractivity contribution >= 4 is 17.5 Å². The van der Waals surface area contributed by atoms with Crippen molar-refractivity contribution in [2.45, 2.75) is 6.04 Å². The normalized spacial score (nSPS) is 10.5. The zero-order valence-corrected chi connectivity index (χ0v) is 9.11. The number of amides is 1. The van der Waals surface area contributed by atoms with Crippen LogP contribution in [0.4, 0.5) is 0 Å². The van der Waals surface area contributed by atoms with Crippen LogP contribution in [0.2, 0.25) is 5.02 Å². The monoisotopic (exact) mass is 245 g/mol. The molecule has 1 aromatic rings. The number of phenols is 1. The Bertz CT molecular complexity index is 379. The van der Waals surface area contributed by atoms with Crippen LogP contribution in [-0.2, 0) is 0 Å². The van der Waals surface area contributed by atoms with E-state index in [9.17, 15) is 4.79 Å². The Labute approximate surface area is 97.3 Å². The van der Waals surface area contributed by atoms with Gasteiger partial charge in [-0.05, 0) is 18.2 Å². The summed E-state index contributed by atoms with van der Waals surface area (Å²) in [6.45, 7) is -0.706. The molecular formula is C10H12ClNO4. The zero-order chi connectivity index (χ0) is 12.1. The van der Waals surface area contributed by atoms with Gasteiger partial charge in [0.1, 0.15) is 5.75 Å². The molecule has 0 fully saturated rings. The van der Waals surface area contributed by atoms with E-state index in [1.807, 2.05) is 0 Å². The lowest BCUT2D eigenvalue weighted by Crippen LogP contribution is -2.40. The highest BCUT2D eigenvalue weighted by Crippen LogP contribution is 2.23. The minimum atomic E-state index is -0.708. The van der Waals surface area contributed by atoms with Gasteiger partial charge in [-0.25, -0.2) is 0 Å². The summed E-state index contributed by atoms with van der Waals surface area (Å²) in [5, 5.41) is 29.2. The quantitative estimate of drug-likeness (QED) is 0.607. The third-order valence-corrected chi connectivity index (χ3v) is 2.29. The van der Waals surface area contributed by atoms with E-state index in [-0.39, 0.29) is 29.5 Å². The van der Waals surface area contributed by atoms with Gasteiger partial charge in [0.05, 0.1) is 24.3 Å². The number of aliphatic hydroxyl groups excluding tert-OH is 2. The molecule has 0 atom stereocenters. The summed E-state index contributed by atoms with van der Waals surface area (Å²) >= 11 is 5.63. The lowest BCUT2D eigenvalue weighted by molar-refractivity contribution is 0.0879. The van der Waals surface area contributed by atoms with Crippen LogP contribution in [0.15, 0.2) is 18.2 Å². The van der Waals surface area contributed by atoms with E-state index < -0.39 is 11.9 Å². The minimum absolute atomic E-state index is 0.0668. The molecule has 0 aliphatic rings. The molecule has 0 heterocycles. The minimum Gasteiger partial charge on any atom is -0.506 e. The first-order valence-corrected chi connectivity index (χ1v) is 4.97. The van der Waals surface area contributed by atoms with E-state index in [0.717, 1.165) is 0 Å². The highest BCUT2D eigenvalue weighted by Gasteiger charge is 2.13. The van der Waals surface area contributed by atoms with E-state index in [1.54, 1.807) is 0 Å². The molecule has 5 nitrogen and oxygen atoms in total. The number of halogens is 1. The second kappa shape index (κ2) is 5.69. The third kappa shape index (κ3) is 3.10. The van der Waals surface area contributed by atoms with E-state index in [0.29, 0.717) is 0 Å². The number of benzene rings is 1. The standard InChI is InChI=1S/C10H12ClNO4/c11-8-3-6(1-2-9(8)15)10(16)12-7(4-13)5-14/h1-3,7,13-15H,4-5H2,(H,12,16). The van der Waals surface area contributed by atoms with Gasteiger partial charge in [0.25, 0.3) is 5.91 Å². The van der Waals surface area contributed by atoms with Gasteiger partial charge in [-0.3, -0.25) is 4.79 Å². The third-order valence-electron chi connectivity index (χ3n) is 1.99. The maximum atomic E-state index is 11.6. The average Bonchev–Trinajstić information content (AvgIpc) is 2.29. The molecule has 0 saturated carbocycles. The second-order valence-corrected chi connectivity index (χ2v) is 3.61. The largest absolute Gasteiger partial charge is 0.506 e. The van der Waals surface area contributed by atoms with Crippen molar-refractivity contribution in [3.05, 3.63) is 28.8 Å². The smallest absolute Gasteiger partial charge is 0.251 e. The first-order chi connectivity index (χ1) is 7.58. The molecule has 1 aromatic carbocycles. The van der Waals surface area contributed by atoms with Gasteiger partial charge in [-0.1, -0.05) is 11.6 Å². The van der Waals surface area contributed by atoms with Crippen molar-refractivity contribution in [3.63, 3.8) is 0 Å². The average molecular weight is 246 g/mol. The Morgan fingerprint density at radius 3 is 2.50 bits per heavy atom. The van der Waals surface area contributed by atoms with Gasteiger partial charge in [0.2, 0.25) is 0 Å². The number of phenolic OH excluding ortho intramolecular Hbond substituents is 1. The van der Waals surface area contributed by atoms with Gasteiger partial charge < -0.3 is 20.6 Å². The number of nitrogens with one attached hydrogen (secondary N) is 1. The molecule has 0 aliphatic carbocycles. The maximum absolute atomic E-state index is 11.6. The molecule has 1 amide bonds. The van der Waals surface area contributed by atoms with Gasteiger partial charge in [-0.2, -0.15) is 0 Å². The number of carbonyl (C=O) groups is 1. The Morgan fingerprint density at radius 2 is 2.00 bits per heavy atom. The lowest BCUT2D eigenvalue weighted by atomic mass is 10.2. The summed E-state index contributed by atoms with van der Waals surface area (Å²) in [6.07, 6.45) is 0. The number of rotatable bonds is 4. The van der Waals surface area contributed by atoms with Gasteiger partial charge in [-0.15, -0.1) is 0 Å². The predicted octanol–water partition coefficient (Wildman–Crippen LogP) is 0.129. The first-order valence-electron chi connectivity index (χ1n) is 4.59. The van der Waals surface area contributed by atoms with Crippen molar-refractivity contribution in [2.75, 3.05) is 13.2 Å². The fraction of sp³-hybridized carbons (Fsp3) is 0.300. The van der Waals surface area contributed by atoms with Crippen LogP contribution in [-0.4, -0.2) is 40.5 Å². The van der Waals surface area contributed by atoms with Crippen molar-refractivity contribution < 1.29 is 20.1 Å². The molecule has 88 valence electrons. The van der Waals surface area contributed by atoms with Crippen LogP contribution in [0.3, 0.4) is 0 Å². The van der Waals surface area contributed by atoms with Crippen molar-refractivity contribution in [3.8, 4) is 5.75 Å². The topological polar surface area (TPSA) is 89.8 Å². The van der Waals surface area contributed by atoms with Crippen LogP contribution < -0.4 is 5.32 Å². The number of hydrogen-bond acceptors (Lipinski definition) is 4. The molecule has 0 radical (unpaired) electrons. The fourth-order valence-corrected chi connectivity index (χ4v) is 1.25. The lowest BCUT2D eigenvalue weighted by Gasteiger charge is -2.13. The Balaban J connectivity index is 2.76. The molecule has 0 aromatic heterocycles. The molecule has 6 heteroatoms. The summed E-state index contributed by atoms with van der Waals surface area (Å²) in [6, 6.07) is 3.28. The van der Waals surface area contributed by atoms with Crippen LogP contribution in [0, 0.1) is 0 Å². The summed E-state index contributed by atoms with van der Waals surface area (Å²) in [5.41, 5.74) is 0.245. The molecule has 1 rings (SSSR count). The SMILES string of the molecule is O=C(NC(CO)CO)c1ccc(O)c(Cl)c1. The van der Waals surface area contributed by atoms with E-state index in [1.165, 1.54) is 18.2 Å². The van der Waals surface area contributed by atoms with E-state index in [4.69, 9.17) is 26.9 Å². The number of carbonyl (C=O) groups excluding carboxylic acids is 1. The molecule has 0 bridgehead atoms. The van der Waals surface area contributed by atoms with Crippen LogP contribution in [0.5, 0.6) is 5.75 Å². The number of aromatic hydroxyl groups is 1. The molecule has 16 heavy (non-hydrogen) atoms. The Hall–Kier alpha value is -1.30. The predicted molar refractivity (Wildman–Crippen MR) is 58.5 cm³/mol. The van der Waals surface area contributed by atoms with Crippen molar-refractivity contribution in [1.82, 2.24) is 5.32 Å². The number of hydrogen-bond donors (Lipinski definition) is 4. The van der Waals surface area contributed by atoms with Crippen LogP contribution >= 0.6 is 11.6 Å². The first kappa shape index (κ1) is 12.8. The molecule has 0 unspecified atom stereocenters. The van der Waals surface area contributed by atoms with Gasteiger partial charge >= 0.3 is 0 Å². The molecule has 0 aliphatic heterocycles. The maximum Gasteiger partial charge on any atom is 0.251 e. The highest BCUT2D eigenvalue weighted by molar-refractivity contribution is 6.32. The van der Waals surface area contributed by atoms with Gasteiger partial charge in [0, 0.05) is 5.56 Å². The molecule has 0 spiro atoms. The van der Waals surface area contributed by atoms with Crippen LogP contribution in [0.1, 0.15) is 10.4 Å². The molecule has 0 saturated heterocycles. The highest BCUT2D eigenvalue weighted by atomic mass is 35.5.